The molecule has 4 rings (SSSR count). The van der Waals surface area contributed by atoms with Gasteiger partial charge in [-0.2, -0.15) is 0 Å². The van der Waals surface area contributed by atoms with E-state index in [-0.39, 0.29) is 16.6 Å². The van der Waals surface area contributed by atoms with Gasteiger partial charge >= 0.3 is 0 Å². The molecule has 0 bridgehead atoms. The highest BCUT2D eigenvalue weighted by atomic mass is 16.1. The van der Waals surface area contributed by atoms with E-state index in [0.29, 0.717) is 6.54 Å². The molecule has 160 valence electrons. The third kappa shape index (κ3) is 3.23. The van der Waals surface area contributed by atoms with E-state index in [1.165, 1.54) is 22.9 Å². The lowest BCUT2D eigenvalue weighted by molar-refractivity contribution is -0.405. The maximum absolute atomic E-state index is 12.0. The van der Waals surface area contributed by atoms with E-state index in [1.807, 2.05) is 6.07 Å². The molecule has 0 spiro atoms. The molecule has 2 aliphatic rings. The molecule has 1 unspecified atom stereocenters. The first-order valence-electron chi connectivity index (χ1n) is 11.0. The fourth-order valence-corrected chi connectivity index (χ4v) is 5.15. The lowest BCUT2D eigenvalue weighted by Crippen LogP contribution is -2.30. The van der Waals surface area contributed by atoms with Gasteiger partial charge in [0.2, 0.25) is 0 Å². The number of Topliss-reactive ketones (excluding diaryl/α,β-unsaturated/α-hetero) is 1. The smallest absolute Gasteiger partial charge is 0.149 e. The number of fused-ring (bicyclic) bond motifs is 2. The van der Waals surface area contributed by atoms with Crippen LogP contribution in [0.3, 0.4) is 0 Å². The van der Waals surface area contributed by atoms with Crippen molar-refractivity contribution in [3.8, 4) is 0 Å². The van der Waals surface area contributed by atoms with Crippen LogP contribution in [0.2, 0.25) is 0 Å². The highest BCUT2D eigenvalue weighted by Gasteiger charge is 2.45. The van der Waals surface area contributed by atoms with Crippen molar-refractivity contribution in [1.29, 1.82) is 0 Å². The molecule has 3 nitrogen and oxygen atoms in total. The summed E-state index contributed by atoms with van der Waals surface area (Å²) in [5.74, 6) is 0.158. The number of carbonyl (C=O) groups excluding carboxylic acids is 1. The normalized spacial score (nSPS) is 23.0. The first-order chi connectivity index (χ1) is 14.7. The molecule has 0 fully saturated rings. The quantitative estimate of drug-likeness (QED) is 0.439. The molecule has 0 saturated heterocycles. The number of allylic oxidation sites excluding steroid dienone is 3. The summed E-state index contributed by atoms with van der Waals surface area (Å²) in [5, 5.41) is 0. The second kappa shape index (κ2) is 7.56. The molecule has 2 aliphatic heterocycles. The van der Waals surface area contributed by atoms with Crippen LogP contribution in [0.1, 0.15) is 52.2 Å². The topological polar surface area (TPSA) is 23.3 Å². The third-order valence-corrected chi connectivity index (χ3v) is 7.04. The van der Waals surface area contributed by atoms with Crippen molar-refractivity contribution in [2.75, 3.05) is 11.4 Å². The van der Waals surface area contributed by atoms with Crippen molar-refractivity contribution in [2.24, 2.45) is 0 Å². The summed E-state index contributed by atoms with van der Waals surface area (Å²) in [6, 6.07) is 18.1. The number of carbonyl (C=O) groups is 1. The van der Waals surface area contributed by atoms with Crippen molar-refractivity contribution < 1.29 is 9.37 Å². The van der Waals surface area contributed by atoms with Crippen LogP contribution in [0, 0.1) is 6.04 Å². The van der Waals surface area contributed by atoms with Crippen molar-refractivity contribution in [1.82, 2.24) is 0 Å². The molecule has 0 aromatic heterocycles. The van der Waals surface area contributed by atoms with Crippen molar-refractivity contribution >= 4 is 23.9 Å². The first kappa shape index (κ1) is 21.2. The van der Waals surface area contributed by atoms with Crippen LogP contribution in [-0.2, 0) is 15.6 Å². The first-order valence-corrected chi connectivity index (χ1v) is 11.0. The Morgan fingerprint density at radius 1 is 1.10 bits per heavy atom. The summed E-state index contributed by atoms with van der Waals surface area (Å²) in [6.45, 7) is 15.4. The average molecular weight is 413 g/mol. The van der Waals surface area contributed by atoms with Crippen molar-refractivity contribution in [2.45, 2.75) is 51.9 Å². The van der Waals surface area contributed by atoms with Gasteiger partial charge < -0.3 is 4.90 Å². The van der Waals surface area contributed by atoms with E-state index in [4.69, 9.17) is 0 Å². The molecule has 2 aromatic rings. The Balaban J connectivity index is 1.72. The standard InChI is InChI=1S/C28H32N2O/c1-7-28(5)22-14-9-10-15-23(22)29(6)26(28)18-12-17-25-27(3,4)21-13-8-11-16-24(21)30(25)19-20(2)31/h8-18H,6-7,19H2,1-5H3. The van der Waals surface area contributed by atoms with Gasteiger partial charge in [0, 0.05) is 22.2 Å². The summed E-state index contributed by atoms with van der Waals surface area (Å²) in [4.78, 5) is 14.2. The zero-order valence-corrected chi connectivity index (χ0v) is 19.3. The fourth-order valence-electron chi connectivity index (χ4n) is 5.15. The van der Waals surface area contributed by atoms with Crippen LogP contribution >= 0.6 is 0 Å². The van der Waals surface area contributed by atoms with E-state index in [0.717, 1.165) is 17.8 Å². The number of nitrogens with zero attached hydrogens (tertiary/aromatic N) is 2. The Bertz CT molecular complexity index is 1110. The number of ketones is 1. The van der Waals surface area contributed by atoms with Crippen molar-refractivity contribution in [3.63, 3.8) is 0 Å². The minimum atomic E-state index is -0.169. The maximum atomic E-state index is 12.0. The van der Waals surface area contributed by atoms with E-state index in [9.17, 15) is 4.79 Å². The zero-order valence-electron chi connectivity index (χ0n) is 19.3. The molecular formula is C28H32N2O. The van der Waals surface area contributed by atoms with Crippen LogP contribution in [0.5, 0.6) is 0 Å². The zero-order chi connectivity index (χ0) is 22.4. The third-order valence-electron chi connectivity index (χ3n) is 7.04. The maximum Gasteiger partial charge on any atom is 0.149 e. The highest BCUT2D eigenvalue weighted by Crippen LogP contribution is 2.51. The van der Waals surface area contributed by atoms with Gasteiger partial charge in [-0.15, -0.1) is 6.08 Å². The summed E-state index contributed by atoms with van der Waals surface area (Å²) >= 11 is 0. The van der Waals surface area contributed by atoms with E-state index < -0.39 is 0 Å². The van der Waals surface area contributed by atoms with Crippen molar-refractivity contribution in [3.05, 3.63) is 89.6 Å². The minimum absolute atomic E-state index is 0.0689. The summed E-state index contributed by atoms with van der Waals surface area (Å²) < 4.78 is 2.07. The van der Waals surface area contributed by atoms with E-state index in [2.05, 4.69) is 105 Å². The molecule has 0 radical (unpaired) electrons. The van der Waals surface area contributed by atoms with Gasteiger partial charge in [0.25, 0.3) is 0 Å². The van der Waals surface area contributed by atoms with Gasteiger partial charge in [-0.3, -0.25) is 9.37 Å². The number of rotatable bonds is 5. The van der Waals surface area contributed by atoms with Crippen LogP contribution in [0.25, 0.3) is 0 Å². The summed E-state index contributed by atoms with van der Waals surface area (Å²) in [5.41, 5.74) is 5.79. The van der Waals surface area contributed by atoms with Gasteiger partial charge in [-0.25, -0.2) is 0 Å². The molecule has 0 amide bonds. The molecule has 0 aliphatic carbocycles. The van der Waals surface area contributed by atoms with Crippen LogP contribution in [-0.4, -0.2) is 23.6 Å². The largest absolute Gasteiger partial charge is 0.337 e. The van der Waals surface area contributed by atoms with Crippen LogP contribution in [0.15, 0.2) is 72.5 Å². The second-order valence-electron chi connectivity index (χ2n) is 9.36. The molecule has 1 atom stereocenters. The van der Waals surface area contributed by atoms with Crippen LogP contribution < -0.4 is 4.90 Å². The molecule has 31 heavy (non-hydrogen) atoms. The number of hydrogen-bond donors (Lipinski definition) is 0. The van der Waals surface area contributed by atoms with Gasteiger partial charge in [-0.1, -0.05) is 76.2 Å². The summed E-state index contributed by atoms with van der Waals surface area (Å²) in [7, 11) is 0. The predicted octanol–water partition coefficient (Wildman–Crippen LogP) is 6.07. The number of para-hydroxylation sites is 2. The van der Waals surface area contributed by atoms with E-state index in [1.54, 1.807) is 6.92 Å². The molecule has 0 saturated carbocycles. The second-order valence-corrected chi connectivity index (χ2v) is 9.36. The molecule has 2 aromatic carbocycles. The number of benzene rings is 2. The van der Waals surface area contributed by atoms with Gasteiger partial charge in [0.05, 0.1) is 13.3 Å². The lowest BCUT2D eigenvalue weighted by Gasteiger charge is -2.28. The Morgan fingerprint density at radius 2 is 1.74 bits per heavy atom. The lowest BCUT2D eigenvalue weighted by atomic mass is 9.76. The molecule has 2 heterocycles. The number of anilines is 1. The monoisotopic (exact) mass is 412 g/mol. The van der Waals surface area contributed by atoms with Crippen LogP contribution in [0.4, 0.5) is 11.4 Å². The molecule has 3 heteroatoms. The Kier molecular flexibility index (Phi) is 5.17. The van der Waals surface area contributed by atoms with Gasteiger partial charge in [0.15, 0.2) is 0 Å². The Hall–Kier alpha value is -3.07. The molecule has 0 N–H and O–H groups in total. The predicted molar refractivity (Wildman–Crippen MR) is 129 cm³/mol. The fraction of sp³-hybridized carbons (Fsp3) is 0.321. The van der Waals surface area contributed by atoms with Gasteiger partial charge in [0.1, 0.15) is 17.5 Å². The average Bonchev–Trinajstić information content (AvgIpc) is 3.09. The number of hydrogen-bond acceptors (Lipinski definition) is 2. The minimum Gasteiger partial charge on any atom is -0.337 e. The summed E-state index contributed by atoms with van der Waals surface area (Å²) in [6.07, 6.45) is 7.49. The Labute approximate surface area is 186 Å². The van der Waals surface area contributed by atoms with E-state index >= 15 is 0 Å². The SMILES string of the molecule is C=[N+]1c2ccccc2C(C)(CC)[C-]1C=CC=C1N(CC(C)=O)c2ccccc2C1(C)C. The highest BCUT2D eigenvalue weighted by molar-refractivity contribution is 5.85. The van der Waals surface area contributed by atoms with Gasteiger partial charge in [-0.05, 0) is 36.6 Å². The molecular weight excluding hydrogens is 380 g/mol. The Morgan fingerprint density at radius 3 is 2.42 bits per heavy atom.